The Morgan fingerprint density at radius 3 is 2.41 bits per heavy atom. The van der Waals surface area contributed by atoms with E-state index in [9.17, 15) is 9.59 Å². The Morgan fingerprint density at radius 2 is 1.84 bits per heavy atom. The number of amides is 2. The summed E-state index contributed by atoms with van der Waals surface area (Å²) in [4.78, 5) is 25.5. The van der Waals surface area contributed by atoms with Crippen molar-refractivity contribution in [2.75, 3.05) is 11.1 Å². The molecule has 170 valence electrons. The zero-order valence-electron chi connectivity index (χ0n) is 19.1. The SMILES string of the molecule is CC(C)n1nc(-c2ccc(CC(=O)Nc3cc(CC(C)(C)C)sn3)cc2)c(C(N)=O)c1N. The number of nitrogens with zero attached hydrogens (tertiary/aromatic N) is 3. The molecule has 3 rings (SSSR count). The predicted octanol–water partition coefficient (Wildman–Crippen LogP) is 4.04. The lowest BCUT2D eigenvalue weighted by Crippen LogP contribution is -2.15. The molecule has 0 spiro atoms. The van der Waals surface area contributed by atoms with Gasteiger partial charge in [-0.3, -0.25) is 9.59 Å². The van der Waals surface area contributed by atoms with E-state index >= 15 is 0 Å². The summed E-state index contributed by atoms with van der Waals surface area (Å²) in [5.74, 6) is 0.0650. The molecule has 0 unspecified atom stereocenters. The summed E-state index contributed by atoms with van der Waals surface area (Å²) >= 11 is 1.41. The number of carbonyl (C=O) groups is 2. The number of nitrogens with two attached hydrogens (primary N) is 2. The quantitative estimate of drug-likeness (QED) is 0.496. The molecule has 0 bridgehead atoms. The maximum Gasteiger partial charge on any atom is 0.254 e. The minimum absolute atomic E-state index is 0.0144. The third kappa shape index (κ3) is 5.53. The van der Waals surface area contributed by atoms with E-state index in [1.807, 2.05) is 44.2 Å². The number of rotatable bonds is 7. The van der Waals surface area contributed by atoms with Crippen LogP contribution in [-0.4, -0.2) is 26.0 Å². The highest BCUT2D eigenvalue weighted by atomic mass is 32.1. The predicted molar refractivity (Wildman–Crippen MR) is 129 cm³/mol. The number of nitrogens with one attached hydrogen (secondary N) is 1. The maximum atomic E-state index is 12.5. The molecule has 0 radical (unpaired) electrons. The fourth-order valence-corrected chi connectivity index (χ4v) is 4.39. The largest absolute Gasteiger partial charge is 0.383 e. The summed E-state index contributed by atoms with van der Waals surface area (Å²) in [7, 11) is 0. The molecule has 0 aliphatic carbocycles. The van der Waals surface area contributed by atoms with Crippen LogP contribution in [0, 0.1) is 5.41 Å². The van der Waals surface area contributed by atoms with Crippen molar-refractivity contribution < 1.29 is 9.59 Å². The third-order valence-corrected chi connectivity index (χ3v) is 5.59. The van der Waals surface area contributed by atoms with Gasteiger partial charge in [-0.05, 0) is 48.8 Å². The fraction of sp³-hybridized carbons (Fsp3) is 0.391. The molecular formula is C23H30N6O2S. The number of carbonyl (C=O) groups excluding carboxylic acids is 2. The van der Waals surface area contributed by atoms with Gasteiger partial charge in [0.15, 0.2) is 0 Å². The van der Waals surface area contributed by atoms with Gasteiger partial charge in [-0.2, -0.15) is 9.47 Å². The maximum absolute atomic E-state index is 12.5. The first-order valence-electron chi connectivity index (χ1n) is 10.5. The lowest BCUT2D eigenvalue weighted by Gasteiger charge is -2.15. The number of benzene rings is 1. The Bertz CT molecular complexity index is 1120. The van der Waals surface area contributed by atoms with Gasteiger partial charge in [-0.25, -0.2) is 4.68 Å². The normalized spacial score (nSPS) is 11.7. The minimum Gasteiger partial charge on any atom is -0.383 e. The van der Waals surface area contributed by atoms with Crippen LogP contribution in [0.4, 0.5) is 11.6 Å². The van der Waals surface area contributed by atoms with Crippen molar-refractivity contribution >= 4 is 35.0 Å². The van der Waals surface area contributed by atoms with Gasteiger partial charge in [0.25, 0.3) is 5.91 Å². The molecule has 8 nitrogen and oxygen atoms in total. The van der Waals surface area contributed by atoms with Crippen LogP contribution in [0.5, 0.6) is 0 Å². The van der Waals surface area contributed by atoms with Gasteiger partial charge in [0.1, 0.15) is 22.9 Å². The zero-order chi connectivity index (χ0) is 23.6. The van der Waals surface area contributed by atoms with E-state index in [2.05, 4.69) is 35.6 Å². The first kappa shape index (κ1) is 23.5. The van der Waals surface area contributed by atoms with Crippen molar-refractivity contribution in [3.05, 3.63) is 46.3 Å². The Hall–Kier alpha value is -3.20. The van der Waals surface area contributed by atoms with Crippen molar-refractivity contribution in [1.29, 1.82) is 0 Å². The number of hydrogen-bond donors (Lipinski definition) is 3. The van der Waals surface area contributed by atoms with Crippen LogP contribution in [-0.2, 0) is 17.6 Å². The summed E-state index contributed by atoms with van der Waals surface area (Å²) in [5.41, 5.74) is 14.0. The van der Waals surface area contributed by atoms with E-state index in [-0.39, 0.29) is 35.2 Å². The zero-order valence-corrected chi connectivity index (χ0v) is 19.9. The standard InChI is InChI=1S/C23H30N6O2S/c1-13(2)29-21(24)19(22(25)31)20(27-29)15-8-6-14(7-9-15)10-18(30)26-17-11-16(32-28-17)12-23(3,4)5/h6-9,11,13H,10,12,24H2,1-5H3,(H2,25,31)(H,26,28,30). The molecule has 32 heavy (non-hydrogen) atoms. The highest BCUT2D eigenvalue weighted by molar-refractivity contribution is 7.06. The van der Waals surface area contributed by atoms with Gasteiger partial charge < -0.3 is 16.8 Å². The molecule has 0 atom stereocenters. The van der Waals surface area contributed by atoms with Crippen molar-refractivity contribution in [2.45, 2.75) is 53.5 Å². The second-order valence-corrected chi connectivity index (χ2v) is 10.2. The summed E-state index contributed by atoms with van der Waals surface area (Å²) in [5, 5.41) is 7.34. The molecule has 0 fully saturated rings. The second-order valence-electron chi connectivity index (χ2n) is 9.35. The van der Waals surface area contributed by atoms with Crippen LogP contribution in [0.3, 0.4) is 0 Å². The van der Waals surface area contributed by atoms with Crippen LogP contribution in [0.1, 0.15) is 61.5 Å². The first-order valence-corrected chi connectivity index (χ1v) is 11.2. The third-order valence-electron chi connectivity index (χ3n) is 4.81. The molecule has 9 heteroatoms. The van der Waals surface area contributed by atoms with Crippen LogP contribution >= 0.6 is 11.5 Å². The van der Waals surface area contributed by atoms with E-state index in [0.717, 1.165) is 16.9 Å². The van der Waals surface area contributed by atoms with Gasteiger partial charge in [0.05, 0.1) is 6.42 Å². The van der Waals surface area contributed by atoms with Gasteiger partial charge in [-0.15, -0.1) is 0 Å². The molecule has 0 aliphatic rings. The average molecular weight is 455 g/mol. The average Bonchev–Trinajstić information content (AvgIpc) is 3.24. The minimum atomic E-state index is -0.623. The Balaban J connectivity index is 1.71. The van der Waals surface area contributed by atoms with Gasteiger partial charge in [-0.1, -0.05) is 45.0 Å². The second kappa shape index (κ2) is 9.12. The van der Waals surface area contributed by atoms with Crippen molar-refractivity contribution in [1.82, 2.24) is 14.2 Å². The Kier molecular flexibility index (Phi) is 6.68. The number of anilines is 2. The molecule has 0 saturated heterocycles. The first-order chi connectivity index (χ1) is 14.9. The molecule has 0 saturated carbocycles. The van der Waals surface area contributed by atoms with E-state index in [1.165, 1.54) is 11.5 Å². The molecule has 1 aromatic carbocycles. The highest BCUT2D eigenvalue weighted by Crippen LogP contribution is 2.29. The van der Waals surface area contributed by atoms with Crippen LogP contribution in [0.25, 0.3) is 11.3 Å². The van der Waals surface area contributed by atoms with Crippen molar-refractivity contribution in [2.24, 2.45) is 11.1 Å². The monoisotopic (exact) mass is 454 g/mol. The number of hydrogen-bond acceptors (Lipinski definition) is 6. The number of primary amides is 1. The summed E-state index contributed by atoms with van der Waals surface area (Å²) in [6.07, 6.45) is 1.12. The molecular weight excluding hydrogens is 424 g/mol. The van der Waals surface area contributed by atoms with Crippen molar-refractivity contribution in [3.63, 3.8) is 0 Å². The molecule has 0 aliphatic heterocycles. The summed E-state index contributed by atoms with van der Waals surface area (Å²) in [6.45, 7) is 10.4. The van der Waals surface area contributed by atoms with E-state index in [4.69, 9.17) is 11.5 Å². The number of nitrogen functional groups attached to an aromatic ring is 1. The van der Waals surface area contributed by atoms with Crippen LogP contribution in [0.15, 0.2) is 30.3 Å². The molecule has 5 N–H and O–H groups in total. The Labute approximate surface area is 192 Å². The van der Waals surface area contributed by atoms with E-state index < -0.39 is 5.91 Å². The van der Waals surface area contributed by atoms with Crippen molar-refractivity contribution in [3.8, 4) is 11.3 Å². The topological polar surface area (TPSA) is 129 Å². The Morgan fingerprint density at radius 1 is 1.19 bits per heavy atom. The fourth-order valence-electron chi connectivity index (χ4n) is 3.42. The summed E-state index contributed by atoms with van der Waals surface area (Å²) < 4.78 is 5.91. The summed E-state index contributed by atoms with van der Waals surface area (Å²) in [6, 6.07) is 9.20. The number of aromatic nitrogens is 3. The molecule has 2 heterocycles. The van der Waals surface area contributed by atoms with Crippen LogP contribution in [0.2, 0.25) is 0 Å². The lowest BCUT2D eigenvalue weighted by molar-refractivity contribution is -0.115. The van der Waals surface area contributed by atoms with Gasteiger partial charge in [0, 0.05) is 16.5 Å². The molecule has 2 aromatic heterocycles. The molecule has 2 amide bonds. The van der Waals surface area contributed by atoms with E-state index in [0.29, 0.717) is 17.1 Å². The smallest absolute Gasteiger partial charge is 0.254 e. The lowest BCUT2D eigenvalue weighted by atomic mass is 9.92. The van der Waals surface area contributed by atoms with Gasteiger partial charge in [0.2, 0.25) is 5.91 Å². The van der Waals surface area contributed by atoms with E-state index in [1.54, 1.807) is 4.68 Å². The highest BCUT2D eigenvalue weighted by Gasteiger charge is 2.22. The van der Waals surface area contributed by atoms with Gasteiger partial charge >= 0.3 is 0 Å². The molecule has 3 aromatic rings. The van der Waals surface area contributed by atoms with Crippen LogP contribution < -0.4 is 16.8 Å².